The molecular formula is C12H18ClNO. The van der Waals surface area contributed by atoms with E-state index in [1.165, 1.54) is 5.56 Å². The number of fused-ring (bicyclic) bond motifs is 1. The highest BCUT2D eigenvalue weighted by atomic mass is 35.5. The number of hydrogen-bond donors (Lipinski definition) is 1. The van der Waals surface area contributed by atoms with Crippen LogP contribution in [-0.4, -0.2) is 5.60 Å². The first-order valence-electron chi connectivity index (χ1n) is 4.93. The minimum absolute atomic E-state index is 0. The predicted octanol–water partition coefficient (Wildman–Crippen LogP) is 3.14. The molecule has 0 spiro atoms. The molecule has 2 nitrogen and oxygen atoms in total. The summed E-state index contributed by atoms with van der Waals surface area (Å²) in [5, 5.41) is 0. The molecule has 1 aromatic rings. The van der Waals surface area contributed by atoms with Gasteiger partial charge in [-0.15, -0.1) is 12.4 Å². The summed E-state index contributed by atoms with van der Waals surface area (Å²) in [5.74, 6) is 0.967. The zero-order chi connectivity index (χ0) is 10.6. The molecule has 84 valence electrons. The monoisotopic (exact) mass is 227 g/mol. The van der Waals surface area contributed by atoms with Crippen molar-refractivity contribution in [2.75, 3.05) is 5.73 Å². The van der Waals surface area contributed by atoms with Crippen molar-refractivity contribution in [1.82, 2.24) is 0 Å². The van der Waals surface area contributed by atoms with Crippen molar-refractivity contribution in [3.05, 3.63) is 23.8 Å². The lowest BCUT2D eigenvalue weighted by molar-refractivity contribution is 0.0712. The molecule has 0 aliphatic carbocycles. The van der Waals surface area contributed by atoms with Gasteiger partial charge in [0.25, 0.3) is 0 Å². The van der Waals surface area contributed by atoms with E-state index in [1.807, 2.05) is 18.2 Å². The summed E-state index contributed by atoms with van der Waals surface area (Å²) >= 11 is 0. The minimum atomic E-state index is -0.164. The van der Waals surface area contributed by atoms with E-state index in [0.29, 0.717) is 0 Å². The van der Waals surface area contributed by atoms with E-state index in [0.717, 1.165) is 11.4 Å². The Morgan fingerprint density at radius 3 is 2.33 bits per heavy atom. The fourth-order valence-electron chi connectivity index (χ4n) is 1.85. The number of nitrogens with two attached hydrogens (primary N) is 1. The van der Waals surface area contributed by atoms with Crippen LogP contribution in [0.15, 0.2) is 18.2 Å². The minimum Gasteiger partial charge on any atom is -0.487 e. The SMILES string of the molecule is CC1(C)Oc2ccc(N)cc2C1(C)C.Cl. The average Bonchev–Trinajstić information content (AvgIpc) is 2.22. The Hall–Kier alpha value is -0.890. The molecule has 0 radical (unpaired) electrons. The van der Waals surface area contributed by atoms with Crippen molar-refractivity contribution in [2.45, 2.75) is 38.7 Å². The Balaban J connectivity index is 0.00000112. The van der Waals surface area contributed by atoms with E-state index in [-0.39, 0.29) is 23.4 Å². The molecular weight excluding hydrogens is 210 g/mol. The third-order valence-electron chi connectivity index (χ3n) is 3.55. The maximum atomic E-state index is 5.91. The molecule has 0 saturated carbocycles. The topological polar surface area (TPSA) is 35.2 Å². The fourth-order valence-corrected chi connectivity index (χ4v) is 1.85. The first-order chi connectivity index (χ1) is 6.34. The van der Waals surface area contributed by atoms with E-state index < -0.39 is 0 Å². The molecule has 0 unspecified atom stereocenters. The summed E-state index contributed by atoms with van der Waals surface area (Å²) in [7, 11) is 0. The predicted molar refractivity (Wildman–Crippen MR) is 65.8 cm³/mol. The first-order valence-corrected chi connectivity index (χ1v) is 4.93. The summed E-state index contributed by atoms with van der Waals surface area (Å²) in [4.78, 5) is 0. The second-order valence-corrected chi connectivity index (χ2v) is 4.99. The summed E-state index contributed by atoms with van der Waals surface area (Å²) in [5.41, 5.74) is 7.65. The summed E-state index contributed by atoms with van der Waals surface area (Å²) in [6, 6.07) is 5.86. The number of hydrogen-bond acceptors (Lipinski definition) is 2. The molecule has 0 amide bonds. The second kappa shape index (κ2) is 3.31. The zero-order valence-electron chi connectivity index (χ0n) is 9.63. The van der Waals surface area contributed by atoms with Crippen molar-refractivity contribution < 1.29 is 4.74 Å². The van der Waals surface area contributed by atoms with Crippen molar-refractivity contribution in [3.63, 3.8) is 0 Å². The molecule has 3 heteroatoms. The standard InChI is InChI=1S/C12H17NO.ClH/c1-11(2)9-7-8(13)5-6-10(9)14-12(11,3)4;/h5-7H,13H2,1-4H3;1H. The van der Waals surface area contributed by atoms with Gasteiger partial charge in [0.15, 0.2) is 0 Å². The van der Waals surface area contributed by atoms with Gasteiger partial charge in [-0.25, -0.2) is 0 Å². The van der Waals surface area contributed by atoms with Crippen molar-refractivity contribution in [1.29, 1.82) is 0 Å². The van der Waals surface area contributed by atoms with Crippen molar-refractivity contribution >= 4 is 18.1 Å². The van der Waals surface area contributed by atoms with Gasteiger partial charge in [0.2, 0.25) is 0 Å². The van der Waals surface area contributed by atoms with Crippen LogP contribution in [0, 0.1) is 0 Å². The fraction of sp³-hybridized carbons (Fsp3) is 0.500. The van der Waals surface area contributed by atoms with Crippen LogP contribution in [0.25, 0.3) is 0 Å². The molecule has 0 atom stereocenters. The lowest BCUT2D eigenvalue weighted by Gasteiger charge is -2.33. The zero-order valence-corrected chi connectivity index (χ0v) is 10.4. The van der Waals surface area contributed by atoms with Gasteiger partial charge in [-0.3, -0.25) is 0 Å². The van der Waals surface area contributed by atoms with E-state index in [1.54, 1.807) is 0 Å². The molecule has 2 rings (SSSR count). The number of ether oxygens (including phenoxy) is 1. The molecule has 2 N–H and O–H groups in total. The highest BCUT2D eigenvalue weighted by molar-refractivity contribution is 5.85. The summed E-state index contributed by atoms with van der Waals surface area (Å²) in [6.07, 6.45) is 0. The molecule has 0 fully saturated rings. The summed E-state index contributed by atoms with van der Waals surface area (Å²) in [6.45, 7) is 8.61. The van der Waals surface area contributed by atoms with Crippen LogP contribution in [0.5, 0.6) is 5.75 Å². The highest BCUT2D eigenvalue weighted by Crippen LogP contribution is 2.49. The van der Waals surface area contributed by atoms with Crippen LogP contribution in [0.2, 0.25) is 0 Å². The number of benzene rings is 1. The number of nitrogen functional groups attached to an aromatic ring is 1. The van der Waals surface area contributed by atoms with Crippen LogP contribution in [-0.2, 0) is 5.41 Å². The third kappa shape index (κ3) is 1.57. The second-order valence-electron chi connectivity index (χ2n) is 4.99. The van der Waals surface area contributed by atoms with Gasteiger partial charge < -0.3 is 10.5 Å². The lowest BCUT2D eigenvalue weighted by atomic mass is 9.74. The maximum absolute atomic E-state index is 5.91. The van der Waals surface area contributed by atoms with Crippen LogP contribution in [0.1, 0.15) is 33.3 Å². The van der Waals surface area contributed by atoms with Gasteiger partial charge >= 0.3 is 0 Å². The maximum Gasteiger partial charge on any atom is 0.124 e. The smallest absolute Gasteiger partial charge is 0.124 e. The largest absolute Gasteiger partial charge is 0.487 e. The van der Waals surface area contributed by atoms with Gasteiger partial charge in [0.1, 0.15) is 11.4 Å². The molecule has 1 aromatic carbocycles. The average molecular weight is 228 g/mol. The first kappa shape index (κ1) is 12.2. The van der Waals surface area contributed by atoms with Crippen molar-refractivity contribution in [2.24, 2.45) is 0 Å². The molecule has 1 heterocycles. The Kier molecular flexibility index (Phi) is 2.69. The van der Waals surface area contributed by atoms with Crippen LogP contribution in [0.4, 0.5) is 5.69 Å². The Labute approximate surface area is 97.2 Å². The van der Waals surface area contributed by atoms with Crippen LogP contribution < -0.4 is 10.5 Å². The molecule has 1 aliphatic rings. The highest BCUT2D eigenvalue weighted by Gasteiger charge is 2.47. The van der Waals surface area contributed by atoms with Crippen LogP contribution in [0.3, 0.4) is 0 Å². The Bertz CT molecular complexity index is 385. The van der Waals surface area contributed by atoms with Gasteiger partial charge in [-0.2, -0.15) is 0 Å². The Morgan fingerprint density at radius 2 is 1.73 bits per heavy atom. The third-order valence-corrected chi connectivity index (χ3v) is 3.55. The van der Waals surface area contributed by atoms with E-state index >= 15 is 0 Å². The quantitative estimate of drug-likeness (QED) is 0.692. The van der Waals surface area contributed by atoms with Crippen molar-refractivity contribution in [3.8, 4) is 5.75 Å². The number of halogens is 1. The molecule has 0 aromatic heterocycles. The van der Waals surface area contributed by atoms with Crippen LogP contribution >= 0.6 is 12.4 Å². The van der Waals surface area contributed by atoms with Gasteiger partial charge in [-0.1, -0.05) is 13.8 Å². The summed E-state index contributed by atoms with van der Waals surface area (Å²) < 4.78 is 5.91. The molecule has 1 aliphatic heterocycles. The Morgan fingerprint density at radius 1 is 1.13 bits per heavy atom. The normalized spacial score (nSPS) is 20.0. The number of anilines is 1. The molecule has 0 saturated heterocycles. The molecule has 15 heavy (non-hydrogen) atoms. The van der Waals surface area contributed by atoms with E-state index in [9.17, 15) is 0 Å². The van der Waals surface area contributed by atoms with E-state index in [4.69, 9.17) is 10.5 Å². The molecule has 0 bridgehead atoms. The van der Waals surface area contributed by atoms with Gasteiger partial charge in [0.05, 0.1) is 0 Å². The van der Waals surface area contributed by atoms with E-state index in [2.05, 4.69) is 27.7 Å². The number of rotatable bonds is 0. The lowest BCUT2D eigenvalue weighted by Crippen LogP contribution is -2.41. The van der Waals surface area contributed by atoms with Gasteiger partial charge in [-0.05, 0) is 32.0 Å². The van der Waals surface area contributed by atoms with Gasteiger partial charge in [0, 0.05) is 16.7 Å².